The number of methoxy groups -OCH3 is 1. The normalized spacial score (nSPS) is 17.3. The SMILES string of the molecule is CCC(C)C(N)C(=O)N1CCN(C(=O)c2cccc(OC)c2)CC1. The highest BCUT2D eigenvalue weighted by molar-refractivity contribution is 5.94. The van der Waals surface area contributed by atoms with Gasteiger partial charge < -0.3 is 20.3 Å². The quantitative estimate of drug-likeness (QED) is 0.882. The molecule has 0 aromatic heterocycles. The molecule has 1 fully saturated rings. The highest BCUT2D eigenvalue weighted by Gasteiger charge is 2.29. The van der Waals surface area contributed by atoms with Crippen LogP contribution in [0.1, 0.15) is 30.6 Å². The fraction of sp³-hybridized carbons (Fsp3) is 0.556. The lowest BCUT2D eigenvalue weighted by Gasteiger charge is -2.36. The molecule has 0 radical (unpaired) electrons. The van der Waals surface area contributed by atoms with Crippen LogP contribution in [0.15, 0.2) is 24.3 Å². The minimum atomic E-state index is -0.462. The zero-order valence-corrected chi connectivity index (χ0v) is 14.7. The first-order valence-corrected chi connectivity index (χ1v) is 8.45. The van der Waals surface area contributed by atoms with Crippen LogP contribution >= 0.6 is 0 Å². The molecule has 2 N–H and O–H groups in total. The summed E-state index contributed by atoms with van der Waals surface area (Å²) < 4.78 is 5.16. The zero-order valence-electron chi connectivity index (χ0n) is 14.7. The highest BCUT2D eigenvalue weighted by atomic mass is 16.5. The van der Waals surface area contributed by atoms with Gasteiger partial charge in [-0.25, -0.2) is 0 Å². The summed E-state index contributed by atoms with van der Waals surface area (Å²) in [5.41, 5.74) is 6.64. The highest BCUT2D eigenvalue weighted by Crippen LogP contribution is 2.16. The third-order valence-electron chi connectivity index (χ3n) is 4.74. The molecule has 132 valence electrons. The molecule has 1 aliphatic heterocycles. The van der Waals surface area contributed by atoms with Gasteiger partial charge in [-0.2, -0.15) is 0 Å². The van der Waals surface area contributed by atoms with Crippen LogP contribution in [0, 0.1) is 5.92 Å². The molecular weight excluding hydrogens is 306 g/mol. The number of hydrogen-bond acceptors (Lipinski definition) is 4. The van der Waals surface area contributed by atoms with Crippen LogP contribution in [0.2, 0.25) is 0 Å². The molecule has 1 aromatic rings. The molecule has 2 rings (SSSR count). The van der Waals surface area contributed by atoms with E-state index in [9.17, 15) is 9.59 Å². The summed E-state index contributed by atoms with van der Waals surface area (Å²) >= 11 is 0. The summed E-state index contributed by atoms with van der Waals surface area (Å²) in [7, 11) is 1.58. The minimum Gasteiger partial charge on any atom is -0.497 e. The van der Waals surface area contributed by atoms with Crippen LogP contribution in [0.5, 0.6) is 5.75 Å². The van der Waals surface area contributed by atoms with Crippen molar-refractivity contribution in [3.05, 3.63) is 29.8 Å². The Labute approximate surface area is 143 Å². The predicted molar refractivity (Wildman–Crippen MR) is 92.9 cm³/mol. The largest absolute Gasteiger partial charge is 0.497 e. The van der Waals surface area contributed by atoms with Gasteiger partial charge in [0.15, 0.2) is 0 Å². The summed E-state index contributed by atoms with van der Waals surface area (Å²) in [6, 6.07) is 6.66. The van der Waals surface area contributed by atoms with Crippen molar-refractivity contribution in [2.24, 2.45) is 11.7 Å². The van der Waals surface area contributed by atoms with E-state index in [1.807, 2.05) is 19.9 Å². The van der Waals surface area contributed by atoms with Gasteiger partial charge >= 0.3 is 0 Å². The summed E-state index contributed by atoms with van der Waals surface area (Å²) in [6.07, 6.45) is 0.876. The zero-order chi connectivity index (χ0) is 17.7. The first-order chi connectivity index (χ1) is 11.5. The monoisotopic (exact) mass is 333 g/mol. The Morgan fingerprint density at radius 2 is 1.83 bits per heavy atom. The Bertz CT molecular complexity index is 583. The topological polar surface area (TPSA) is 75.9 Å². The molecule has 1 aliphatic rings. The molecule has 1 heterocycles. The van der Waals surface area contributed by atoms with E-state index < -0.39 is 6.04 Å². The summed E-state index contributed by atoms with van der Waals surface area (Å²) in [5, 5.41) is 0. The van der Waals surface area contributed by atoms with E-state index in [1.54, 1.807) is 35.1 Å². The van der Waals surface area contributed by atoms with Crippen molar-refractivity contribution in [3.8, 4) is 5.75 Å². The van der Waals surface area contributed by atoms with Gasteiger partial charge in [0, 0.05) is 31.7 Å². The number of piperazine rings is 1. The van der Waals surface area contributed by atoms with Crippen LogP contribution in [0.4, 0.5) is 0 Å². The van der Waals surface area contributed by atoms with Crippen molar-refractivity contribution in [3.63, 3.8) is 0 Å². The van der Waals surface area contributed by atoms with Gasteiger partial charge in [0.25, 0.3) is 5.91 Å². The van der Waals surface area contributed by atoms with Gasteiger partial charge in [-0.05, 0) is 24.1 Å². The molecular formula is C18H27N3O3. The number of carbonyl (C=O) groups excluding carboxylic acids is 2. The molecule has 6 nitrogen and oxygen atoms in total. The lowest BCUT2D eigenvalue weighted by molar-refractivity contribution is -0.135. The Morgan fingerprint density at radius 3 is 2.42 bits per heavy atom. The Morgan fingerprint density at radius 1 is 1.21 bits per heavy atom. The van der Waals surface area contributed by atoms with Crippen LogP contribution in [-0.4, -0.2) is 60.9 Å². The third kappa shape index (κ3) is 4.06. The maximum absolute atomic E-state index is 12.6. The smallest absolute Gasteiger partial charge is 0.254 e. The Hall–Kier alpha value is -2.08. The average molecular weight is 333 g/mol. The summed E-state index contributed by atoms with van der Waals surface area (Å²) in [6.45, 7) is 6.12. The van der Waals surface area contributed by atoms with Crippen LogP contribution in [-0.2, 0) is 4.79 Å². The van der Waals surface area contributed by atoms with Crippen molar-refractivity contribution in [2.75, 3.05) is 33.3 Å². The maximum Gasteiger partial charge on any atom is 0.254 e. The second-order valence-electron chi connectivity index (χ2n) is 6.26. The Balaban J connectivity index is 1.94. The lowest BCUT2D eigenvalue weighted by atomic mass is 9.98. The van der Waals surface area contributed by atoms with E-state index in [2.05, 4.69) is 0 Å². The van der Waals surface area contributed by atoms with Crippen molar-refractivity contribution < 1.29 is 14.3 Å². The molecule has 24 heavy (non-hydrogen) atoms. The van der Waals surface area contributed by atoms with Gasteiger partial charge in [0.05, 0.1) is 13.2 Å². The Kier molecular flexibility index (Phi) is 6.20. The second-order valence-corrected chi connectivity index (χ2v) is 6.26. The summed E-state index contributed by atoms with van der Waals surface area (Å²) in [4.78, 5) is 28.5. The minimum absolute atomic E-state index is 0.0159. The molecule has 1 aromatic carbocycles. The average Bonchev–Trinajstić information content (AvgIpc) is 2.65. The van der Waals surface area contributed by atoms with Crippen molar-refractivity contribution >= 4 is 11.8 Å². The van der Waals surface area contributed by atoms with Gasteiger partial charge in [0.2, 0.25) is 5.91 Å². The number of ether oxygens (including phenoxy) is 1. The second kappa shape index (κ2) is 8.15. The number of hydrogen-bond donors (Lipinski definition) is 1. The maximum atomic E-state index is 12.6. The number of nitrogens with zero attached hydrogens (tertiary/aromatic N) is 2. The first kappa shape index (κ1) is 18.3. The summed E-state index contributed by atoms with van der Waals surface area (Å²) in [5.74, 6) is 0.771. The van der Waals surface area contributed by atoms with E-state index in [0.717, 1.165) is 6.42 Å². The van der Waals surface area contributed by atoms with E-state index in [1.165, 1.54) is 0 Å². The van der Waals surface area contributed by atoms with Crippen molar-refractivity contribution in [1.82, 2.24) is 9.80 Å². The van der Waals surface area contributed by atoms with Crippen LogP contribution in [0.3, 0.4) is 0 Å². The molecule has 2 unspecified atom stereocenters. The van der Waals surface area contributed by atoms with E-state index in [4.69, 9.17) is 10.5 Å². The van der Waals surface area contributed by atoms with Crippen molar-refractivity contribution in [1.29, 1.82) is 0 Å². The number of benzene rings is 1. The van der Waals surface area contributed by atoms with E-state index >= 15 is 0 Å². The van der Waals surface area contributed by atoms with Crippen LogP contribution in [0.25, 0.3) is 0 Å². The van der Waals surface area contributed by atoms with Gasteiger partial charge in [0.1, 0.15) is 5.75 Å². The predicted octanol–water partition coefficient (Wildman–Crippen LogP) is 1.35. The standard InChI is InChI=1S/C18H27N3O3/c1-4-13(2)16(19)18(23)21-10-8-20(9-11-21)17(22)14-6-5-7-15(12-14)24-3/h5-7,12-13,16H,4,8-11,19H2,1-3H3. The molecule has 0 saturated carbocycles. The lowest BCUT2D eigenvalue weighted by Crippen LogP contribution is -2.55. The fourth-order valence-electron chi connectivity index (χ4n) is 2.78. The molecule has 2 atom stereocenters. The molecule has 1 saturated heterocycles. The molecule has 2 amide bonds. The van der Waals surface area contributed by atoms with Crippen LogP contribution < -0.4 is 10.5 Å². The molecule has 0 bridgehead atoms. The van der Waals surface area contributed by atoms with Gasteiger partial charge in [-0.3, -0.25) is 9.59 Å². The number of nitrogens with two attached hydrogens (primary N) is 1. The number of amides is 2. The van der Waals surface area contributed by atoms with Gasteiger partial charge in [-0.1, -0.05) is 26.3 Å². The molecule has 0 spiro atoms. The van der Waals surface area contributed by atoms with E-state index in [0.29, 0.717) is 37.5 Å². The molecule has 0 aliphatic carbocycles. The number of rotatable bonds is 5. The van der Waals surface area contributed by atoms with Gasteiger partial charge in [-0.15, -0.1) is 0 Å². The van der Waals surface area contributed by atoms with Crippen molar-refractivity contribution in [2.45, 2.75) is 26.3 Å². The van der Waals surface area contributed by atoms with E-state index in [-0.39, 0.29) is 17.7 Å². The molecule has 6 heteroatoms. The first-order valence-electron chi connectivity index (χ1n) is 8.45. The third-order valence-corrected chi connectivity index (χ3v) is 4.74. The number of carbonyl (C=O) groups is 2. The fourth-order valence-corrected chi connectivity index (χ4v) is 2.78.